The molecule has 1 amide bonds. The molecular formula is C12H9BrClNOS. The lowest BCUT2D eigenvalue weighted by atomic mass is 10.2. The second-order valence-corrected chi connectivity index (χ2v) is 5.99. The van der Waals surface area contributed by atoms with E-state index in [0.717, 1.165) is 14.6 Å². The minimum atomic E-state index is -0.170. The van der Waals surface area contributed by atoms with E-state index >= 15 is 0 Å². The lowest BCUT2D eigenvalue weighted by molar-refractivity contribution is 0.0962. The van der Waals surface area contributed by atoms with Crippen LogP contribution < -0.4 is 5.32 Å². The van der Waals surface area contributed by atoms with Crippen LogP contribution in [0.3, 0.4) is 0 Å². The summed E-state index contributed by atoms with van der Waals surface area (Å²) in [6.45, 7) is 4.05. The maximum Gasteiger partial charge on any atom is 0.263 e. The van der Waals surface area contributed by atoms with Gasteiger partial charge in [-0.1, -0.05) is 52.3 Å². The first-order valence-corrected chi connectivity index (χ1v) is 6.87. The Morgan fingerprint density at radius 3 is 2.82 bits per heavy atom. The minimum absolute atomic E-state index is 0.170. The fourth-order valence-electron chi connectivity index (χ4n) is 1.42. The Morgan fingerprint density at radius 2 is 2.18 bits per heavy atom. The van der Waals surface area contributed by atoms with Gasteiger partial charge in [-0.15, -0.1) is 11.3 Å². The normalized spacial score (nSPS) is 10.5. The van der Waals surface area contributed by atoms with Crippen LogP contribution in [-0.4, -0.2) is 12.5 Å². The molecule has 1 aromatic carbocycles. The second-order valence-electron chi connectivity index (χ2n) is 3.44. The third kappa shape index (κ3) is 2.70. The van der Waals surface area contributed by atoms with Gasteiger partial charge in [-0.2, -0.15) is 0 Å². The van der Waals surface area contributed by atoms with Crippen LogP contribution in [0.25, 0.3) is 10.1 Å². The van der Waals surface area contributed by atoms with Crippen LogP contribution in [0.2, 0.25) is 5.02 Å². The number of carbonyl (C=O) groups is 1. The molecule has 0 atom stereocenters. The lowest BCUT2D eigenvalue weighted by Crippen LogP contribution is -2.23. The summed E-state index contributed by atoms with van der Waals surface area (Å²) in [5, 5.41) is 4.18. The third-order valence-corrected chi connectivity index (χ3v) is 4.14. The monoisotopic (exact) mass is 329 g/mol. The van der Waals surface area contributed by atoms with Gasteiger partial charge in [0.1, 0.15) is 4.88 Å². The predicted molar refractivity (Wildman–Crippen MR) is 77.2 cm³/mol. The molecule has 88 valence electrons. The molecule has 0 bridgehead atoms. The number of fused-ring (bicyclic) bond motifs is 1. The van der Waals surface area contributed by atoms with Gasteiger partial charge in [-0.3, -0.25) is 4.79 Å². The summed E-state index contributed by atoms with van der Waals surface area (Å²) in [4.78, 5) is 12.4. The van der Waals surface area contributed by atoms with Crippen LogP contribution in [0.1, 0.15) is 9.67 Å². The van der Waals surface area contributed by atoms with Gasteiger partial charge in [0.2, 0.25) is 0 Å². The molecule has 0 spiro atoms. The molecule has 0 aliphatic heterocycles. The number of hydrogen-bond donors (Lipinski definition) is 1. The van der Waals surface area contributed by atoms with Crippen molar-refractivity contribution in [3.05, 3.63) is 45.2 Å². The molecule has 1 heterocycles. The molecule has 0 aliphatic carbocycles. The maximum atomic E-state index is 11.9. The van der Waals surface area contributed by atoms with E-state index in [1.807, 2.05) is 24.3 Å². The van der Waals surface area contributed by atoms with Crippen molar-refractivity contribution in [2.75, 3.05) is 6.54 Å². The van der Waals surface area contributed by atoms with Gasteiger partial charge in [-0.05, 0) is 6.07 Å². The zero-order chi connectivity index (χ0) is 12.4. The molecule has 0 aliphatic rings. The van der Waals surface area contributed by atoms with E-state index in [2.05, 4.69) is 27.8 Å². The first-order chi connectivity index (χ1) is 8.09. The number of carbonyl (C=O) groups excluding carboxylic acids is 1. The van der Waals surface area contributed by atoms with Crippen molar-refractivity contribution in [1.29, 1.82) is 0 Å². The van der Waals surface area contributed by atoms with Crippen molar-refractivity contribution in [2.45, 2.75) is 0 Å². The van der Waals surface area contributed by atoms with Crippen molar-refractivity contribution in [1.82, 2.24) is 5.32 Å². The van der Waals surface area contributed by atoms with Crippen LogP contribution in [0.15, 0.2) is 35.3 Å². The SMILES string of the molecule is C=C(Br)CNC(=O)c1sc2ccccc2c1Cl. The van der Waals surface area contributed by atoms with Gasteiger partial charge < -0.3 is 5.32 Å². The summed E-state index contributed by atoms with van der Waals surface area (Å²) in [7, 11) is 0. The number of thiophene rings is 1. The van der Waals surface area contributed by atoms with Crippen LogP contribution in [-0.2, 0) is 0 Å². The first kappa shape index (κ1) is 12.6. The van der Waals surface area contributed by atoms with Crippen LogP contribution in [0.5, 0.6) is 0 Å². The largest absolute Gasteiger partial charge is 0.347 e. The molecule has 2 aromatic rings. The highest BCUT2D eigenvalue weighted by Crippen LogP contribution is 2.34. The highest BCUT2D eigenvalue weighted by molar-refractivity contribution is 9.11. The zero-order valence-corrected chi connectivity index (χ0v) is 12.0. The zero-order valence-electron chi connectivity index (χ0n) is 8.80. The minimum Gasteiger partial charge on any atom is -0.347 e. The van der Waals surface area contributed by atoms with E-state index in [9.17, 15) is 4.79 Å². The highest BCUT2D eigenvalue weighted by atomic mass is 79.9. The summed E-state index contributed by atoms with van der Waals surface area (Å²) in [5.41, 5.74) is 0. The van der Waals surface area contributed by atoms with E-state index in [-0.39, 0.29) is 5.91 Å². The Hall–Kier alpha value is -0.840. The molecule has 2 nitrogen and oxygen atoms in total. The summed E-state index contributed by atoms with van der Waals surface area (Å²) in [6, 6.07) is 7.70. The summed E-state index contributed by atoms with van der Waals surface area (Å²) < 4.78 is 1.74. The standard InChI is InChI=1S/C12H9BrClNOS/c1-7(13)6-15-12(16)11-10(14)8-4-2-3-5-9(8)17-11/h2-5H,1,6H2,(H,15,16). The summed E-state index contributed by atoms with van der Waals surface area (Å²) >= 11 is 10.8. The number of amides is 1. The van der Waals surface area contributed by atoms with E-state index in [0.29, 0.717) is 16.4 Å². The first-order valence-electron chi connectivity index (χ1n) is 4.88. The number of nitrogens with one attached hydrogen (secondary N) is 1. The average molecular weight is 331 g/mol. The van der Waals surface area contributed by atoms with Crippen molar-refractivity contribution < 1.29 is 4.79 Å². The molecule has 0 saturated carbocycles. The van der Waals surface area contributed by atoms with E-state index in [1.54, 1.807) is 0 Å². The van der Waals surface area contributed by atoms with Gasteiger partial charge >= 0.3 is 0 Å². The van der Waals surface area contributed by atoms with Crippen molar-refractivity contribution >= 4 is 54.9 Å². The van der Waals surface area contributed by atoms with Gasteiger partial charge in [-0.25, -0.2) is 0 Å². The van der Waals surface area contributed by atoms with Crippen LogP contribution in [0, 0.1) is 0 Å². The molecule has 2 rings (SSSR count). The molecule has 1 aromatic heterocycles. The average Bonchev–Trinajstić information content (AvgIpc) is 2.64. The Labute approximate surface area is 116 Å². The molecule has 0 radical (unpaired) electrons. The highest BCUT2D eigenvalue weighted by Gasteiger charge is 2.16. The molecule has 1 N–H and O–H groups in total. The van der Waals surface area contributed by atoms with Crippen molar-refractivity contribution in [3.8, 4) is 0 Å². The summed E-state index contributed by atoms with van der Waals surface area (Å²) in [6.07, 6.45) is 0. The molecule has 0 saturated heterocycles. The molecule has 0 unspecified atom stereocenters. The van der Waals surface area contributed by atoms with Crippen LogP contribution >= 0.6 is 38.9 Å². The predicted octanol–water partition coefficient (Wildman–Crippen LogP) is 4.19. The van der Waals surface area contributed by atoms with Gasteiger partial charge in [0.05, 0.1) is 5.02 Å². The third-order valence-electron chi connectivity index (χ3n) is 2.18. The fourth-order valence-corrected chi connectivity index (χ4v) is 2.99. The van der Waals surface area contributed by atoms with Crippen molar-refractivity contribution in [2.24, 2.45) is 0 Å². The van der Waals surface area contributed by atoms with Gasteiger partial charge in [0.25, 0.3) is 5.91 Å². The number of hydrogen-bond acceptors (Lipinski definition) is 2. The summed E-state index contributed by atoms with van der Waals surface area (Å²) in [5.74, 6) is -0.170. The Bertz CT molecular complexity index is 593. The molecular weight excluding hydrogens is 322 g/mol. The second kappa shape index (κ2) is 5.21. The lowest BCUT2D eigenvalue weighted by Gasteiger charge is -2.01. The Morgan fingerprint density at radius 1 is 1.47 bits per heavy atom. The Balaban J connectivity index is 2.32. The number of halogens is 2. The van der Waals surface area contributed by atoms with E-state index in [1.165, 1.54) is 11.3 Å². The van der Waals surface area contributed by atoms with Crippen molar-refractivity contribution in [3.63, 3.8) is 0 Å². The topological polar surface area (TPSA) is 29.1 Å². The van der Waals surface area contributed by atoms with E-state index in [4.69, 9.17) is 11.6 Å². The fraction of sp³-hybridized carbons (Fsp3) is 0.0833. The molecule has 0 fully saturated rings. The van der Waals surface area contributed by atoms with Gasteiger partial charge in [0, 0.05) is 21.1 Å². The van der Waals surface area contributed by atoms with Crippen LogP contribution in [0.4, 0.5) is 0 Å². The maximum absolute atomic E-state index is 11.9. The quantitative estimate of drug-likeness (QED) is 0.898. The van der Waals surface area contributed by atoms with E-state index < -0.39 is 0 Å². The smallest absolute Gasteiger partial charge is 0.263 e. The Kier molecular flexibility index (Phi) is 3.86. The molecule has 5 heteroatoms. The molecule has 17 heavy (non-hydrogen) atoms. The number of benzene rings is 1. The van der Waals surface area contributed by atoms with Gasteiger partial charge in [0.15, 0.2) is 0 Å². The number of rotatable bonds is 3.